The van der Waals surface area contributed by atoms with Gasteiger partial charge in [-0.05, 0) is 6.07 Å². The highest BCUT2D eigenvalue weighted by Crippen LogP contribution is 2.37. The predicted molar refractivity (Wildman–Crippen MR) is 66.2 cm³/mol. The van der Waals surface area contributed by atoms with Crippen LogP contribution in [0.3, 0.4) is 0 Å². The van der Waals surface area contributed by atoms with Gasteiger partial charge in [-0.3, -0.25) is 4.99 Å². The average Bonchev–Trinajstić information content (AvgIpc) is 2.53. The molecule has 1 aliphatic rings. The molecule has 2 heterocycles. The van der Waals surface area contributed by atoms with Crippen LogP contribution in [-0.4, -0.2) is 11.2 Å². The molecule has 0 amide bonds. The molecular formula is C12H7ClFN3. The summed E-state index contributed by atoms with van der Waals surface area (Å²) in [4.78, 5) is 8.12. The summed E-state index contributed by atoms with van der Waals surface area (Å²) in [5.74, 6) is -0.118. The van der Waals surface area contributed by atoms with Gasteiger partial charge in [0.15, 0.2) is 11.6 Å². The van der Waals surface area contributed by atoms with E-state index < -0.39 is 5.82 Å². The third-order valence-corrected chi connectivity index (χ3v) is 2.86. The molecule has 3 rings (SSSR count). The van der Waals surface area contributed by atoms with Crippen LogP contribution in [0.25, 0.3) is 0 Å². The Morgan fingerprint density at radius 1 is 1.24 bits per heavy atom. The van der Waals surface area contributed by atoms with Crippen LogP contribution >= 0.6 is 11.6 Å². The molecule has 3 nitrogen and oxygen atoms in total. The van der Waals surface area contributed by atoms with Crippen LogP contribution in [0.2, 0.25) is 5.02 Å². The fourth-order valence-corrected chi connectivity index (χ4v) is 1.84. The van der Waals surface area contributed by atoms with E-state index >= 15 is 0 Å². The first-order valence-electron chi connectivity index (χ1n) is 5.00. The van der Waals surface area contributed by atoms with Gasteiger partial charge in [0.25, 0.3) is 0 Å². The quantitative estimate of drug-likeness (QED) is 0.658. The van der Waals surface area contributed by atoms with E-state index in [0.29, 0.717) is 11.5 Å². The molecule has 0 bridgehead atoms. The largest absolute Gasteiger partial charge is 0.338 e. The number of para-hydroxylation sites is 1. The van der Waals surface area contributed by atoms with Gasteiger partial charge in [0.05, 0.1) is 6.20 Å². The lowest BCUT2D eigenvalue weighted by Crippen LogP contribution is -1.95. The van der Waals surface area contributed by atoms with Crippen LogP contribution in [0.5, 0.6) is 0 Å². The zero-order chi connectivity index (χ0) is 11.8. The van der Waals surface area contributed by atoms with Crippen molar-refractivity contribution in [3.8, 4) is 0 Å². The number of pyridine rings is 1. The van der Waals surface area contributed by atoms with E-state index in [0.717, 1.165) is 17.4 Å². The van der Waals surface area contributed by atoms with Crippen LogP contribution in [0, 0.1) is 5.82 Å². The molecule has 0 radical (unpaired) electrons. The second-order valence-electron chi connectivity index (χ2n) is 3.59. The third-order valence-electron chi connectivity index (χ3n) is 2.50. The molecule has 0 saturated heterocycles. The molecule has 0 saturated carbocycles. The minimum absolute atomic E-state index is 0.0217. The zero-order valence-electron chi connectivity index (χ0n) is 8.61. The molecular weight excluding hydrogens is 241 g/mol. The molecule has 5 heteroatoms. The molecule has 1 N–H and O–H groups in total. The highest BCUT2D eigenvalue weighted by Gasteiger charge is 2.15. The van der Waals surface area contributed by atoms with Crippen molar-refractivity contribution < 1.29 is 4.39 Å². The summed E-state index contributed by atoms with van der Waals surface area (Å²) in [5.41, 5.74) is 2.09. The Morgan fingerprint density at radius 2 is 2.06 bits per heavy atom. The standard InChI is InChI=1S/C12H7ClFN3/c13-10-8(14)6-16-12-11(10)15-5-7-3-1-2-4-9(7)17-12/h1-6H,(H,16,17). The number of benzene rings is 1. The fourth-order valence-electron chi connectivity index (χ4n) is 1.65. The summed E-state index contributed by atoms with van der Waals surface area (Å²) >= 11 is 5.86. The minimum atomic E-state index is -0.574. The van der Waals surface area contributed by atoms with Crippen molar-refractivity contribution in [2.75, 3.05) is 5.32 Å². The van der Waals surface area contributed by atoms with Gasteiger partial charge < -0.3 is 5.32 Å². The number of nitrogens with zero attached hydrogens (tertiary/aromatic N) is 2. The lowest BCUT2D eigenvalue weighted by Gasteiger charge is -2.08. The molecule has 0 fully saturated rings. The van der Waals surface area contributed by atoms with Gasteiger partial charge in [0, 0.05) is 17.5 Å². The summed E-state index contributed by atoms with van der Waals surface area (Å²) in [6.45, 7) is 0. The van der Waals surface area contributed by atoms with Gasteiger partial charge in [-0.15, -0.1) is 0 Å². The summed E-state index contributed by atoms with van der Waals surface area (Å²) in [6, 6.07) is 7.60. The SMILES string of the molecule is Fc1cnc2c(c1Cl)N=Cc1ccccc1N2. The van der Waals surface area contributed by atoms with Crippen molar-refractivity contribution in [3.63, 3.8) is 0 Å². The predicted octanol–water partition coefficient (Wildman–Crippen LogP) is 3.68. The van der Waals surface area contributed by atoms with E-state index in [9.17, 15) is 4.39 Å². The zero-order valence-corrected chi connectivity index (χ0v) is 9.37. The maximum Gasteiger partial charge on any atom is 0.162 e. The number of hydrogen-bond donors (Lipinski definition) is 1. The lowest BCUT2D eigenvalue weighted by molar-refractivity contribution is 0.623. The second-order valence-corrected chi connectivity index (χ2v) is 3.97. The van der Waals surface area contributed by atoms with E-state index in [1.54, 1.807) is 6.21 Å². The molecule has 1 aliphatic heterocycles. The molecule has 17 heavy (non-hydrogen) atoms. The summed E-state index contributed by atoms with van der Waals surface area (Å²) in [5, 5.41) is 3.06. The molecule has 1 aromatic heterocycles. The Hall–Kier alpha value is -1.94. The number of hydrogen-bond acceptors (Lipinski definition) is 3. The first-order chi connectivity index (χ1) is 8.25. The molecule has 1 aromatic carbocycles. The summed E-state index contributed by atoms with van der Waals surface area (Å²) < 4.78 is 13.3. The first kappa shape index (κ1) is 10.2. The molecule has 0 unspecified atom stereocenters. The highest BCUT2D eigenvalue weighted by molar-refractivity contribution is 6.34. The normalized spacial score (nSPS) is 12.4. The lowest BCUT2D eigenvalue weighted by atomic mass is 10.2. The number of nitrogens with one attached hydrogen (secondary N) is 1. The van der Waals surface area contributed by atoms with Gasteiger partial charge in [-0.25, -0.2) is 9.37 Å². The number of aromatic nitrogens is 1. The Balaban J connectivity index is 2.22. The molecule has 0 aliphatic carbocycles. The van der Waals surface area contributed by atoms with Gasteiger partial charge in [-0.2, -0.15) is 0 Å². The Morgan fingerprint density at radius 3 is 2.94 bits per heavy atom. The van der Waals surface area contributed by atoms with Crippen LogP contribution in [-0.2, 0) is 0 Å². The highest BCUT2D eigenvalue weighted by atomic mass is 35.5. The van der Waals surface area contributed by atoms with Crippen LogP contribution < -0.4 is 5.32 Å². The van der Waals surface area contributed by atoms with Crippen LogP contribution in [0.4, 0.5) is 21.6 Å². The van der Waals surface area contributed by atoms with Crippen molar-refractivity contribution >= 4 is 35.0 Å². The van der Waals surface area contributed by atoms with Crippen molar-refractivity contribution in [2.24, 2.45) is 4.99 Å². The van der Waals surface area contributed by atoms with Crippen molar-refractivity contribution in [1.29, 1.82) is 0 Å². The first-order valence-corrected chi connectivity index (χ1v) is 5.37. The van der Waals surface area contributed by atoms with Crippen molar-refractivity contribution in [2.45, 2.75) is 0 Å². The van der Waals surface area contributed by atoms with E-state index in [-0.39, 0.29) is 5.02 Å². The smallest absolute Gasteiger partial charge is 0.162 e. The second kappa shape index (κ2) is 3.82. The van der Waals surface area contributed by atoms with E-state index in [1.807, 2.05) is 24.3 Å². The summed E-state index contributed by atoms with van der Waals surface area (Å²) in [7, 11) is 0. The topological polar surface area (TPSA) is 37.3 Å². The Kier molecular flexibility index (Phi) is 2.30. The van der Waals surface area contributed by atoms with Crippen LogP contribution in [0.15, 0.2) is 35.5 Å². The Bertz CT molecular complexity index is 625. The van der Waals surface area contributed by atoms with Gasteiger partial charge >= 0.3 is 0 Å². The van der Waals surface area contributed by atoms with Crippen LogP contribution in [0.1, 0.15) is 5.56 Å². The number of anilines is 2. The number of halogens is 2. The minimum Gasteiger partial charge on any atom is -0.338 e. The molecule has 84 valence electrons. The molecule has 2 aromatic rings. The van der Waals surface area contributed by atoms with Crippen molar-refractivity contribution in [1.82, 2.24) is 4.98 Å². The van der Waals surface area contributed by atoms with Crippen molar-refractivity contribution in [3.05, 3.63) is 46.9 Å². The van der Waals surface area contributed by atoms with E-state index in [4.69, 9.17) is 11.6 Å². The number of fused-ring (bicyclic) bond motifs is 2. The van der Waals surface area contributed by atoms with E-state index in [2.05, 4.69) is 15.3 Å². The Labute approximate surface area is 102 Å². The monoisotopic (exact) mass is 247 g/mol. The summed E-state index contributed by atoms with van der Waals surface area (Å²) in [6.07, 6.45) is 2.72. The number of rotatable bonds is 0. The molecule has 0 spiro atoms. The molecule has 0 atom stereocenters. The third kappa shape index (κ3) is 1.66. The number of aliphatic imine (C=N–C) groups is 1. The maximum absolute atomic E-state index is 13.3. The average molecular weight is 248 g/mol. The van der Waals surface area contributed by atoms with E-state index in [1.165, 1.54) is 0 Å². The van der Waals surface area contributed by atoms with Gasteiger partial charge in [0.1, 0.15) is 10.7 Å². The maximum atomic E-state index is 13.3. The van der Waals surface area contributed by atoms with Gasteiger partial charge in [-0.1, -0.05) is 29.8 Å². The fraction of sp³-hybridized carbons (Fsp3) is 0. The van der Waals surface area contributed by atoms with Gasteiger partial charge in [0.2, 0.25) is 0 Å².